The molecular formula is C25H25BrN2O6S. The summed E-state index contributed by atoms with van der Waals surface area (Å²) in [7, 11) is -2.07. The van der Waals surface area contributed by atoms with Crippen LogP contribution in [0.4, 0.5) is 10.5 Å². The van der Waals surface area contributed by atoms with E-state index in [2.05, 4.69) is 26.6 Å². The molecule has 35 heavy (non-hydrogen) atoms. The van der Waals surface area contributed by atoms with Crippen LogP contribution in [0.5, 0.6) is 11.5 Å². The van der Waals surface area contributed by atoms with Crippen molar-refractivity contribution in [3.8, 4) is 11.5 Å². The minimum absolute atomic E-state index is 0.0596. The van der Waals surface area contributed by atoms with Crippen molar-refractivity contribution in [3.63, 3.8) is 0 Å². The van der Waals surface area contributed by atoms with Crippen LogP contribution in [0, 0.1) is 0 Å². The maximum Gasteiger partial charge on any atom is 0.319 e. The maximum atomic E-state index is 12.7. The number of Topliss-reactive ketones (excluding diaryl/α,β-unsaturated/α-hetero) is 1. The molecule has 3 aromatic rings. The minimum atomic E-state index is -3.47. The SMILES string of the molecule is CCS(=O)(=O)c1ccc(OC)c(NC(=O)NCC(=O)c2cc(Br)cc(OCc3ccccc3)c2)c1. The molecule has 10 heteroatoms. The second kappa shape index (κ2) is 11.9. The van der Waals surface area contributed by atoms with Crippen molar-refractivity contribution in [3.05, 3.63) is 82.3 Å². The fourth-order valence-corrected chi connectivity index (χ4v) is 4.50. The van der Waals surface area contributed by atoms with Gasteiger partial charge in [0.15, 0.2) is 15.6 Å². The van der Waals surface area contributed by atoms with Gasteiger partial charge in [0.25, 0.3) is 0 Å². The lowest BCUT2D eigenvalue weighted by molar-refractivity contribution is 0.0992. The molecule has 0 aliphatic heterocycles. The molecule has 8 nitrogen and oxygen atoms in total. The summed E-state index contributed by atoms with van der Waals surface area (Å²) in [4.78, 5) is 25.2. The molecule has 2 N–H and O–H groups in total. The van der Waals surface area contributed by atoms with E-state index in [9.17, 15) is 18.0 Å². The highest BCUT2D eigenvalue weighted by Crippen LogP contribution is 2.28. The average Bonchev–Trinajstić information content (AvgIpc) is 2.86. The topological polar surface area (TPSA) is 111 Å². The van der Waals surface area contributed by atoms with Crippen LogP contribution in [-0.4, -0.2) is 39.6 Å². The van der Waals surface area contributed by atoms with E-state index in [4.69, 9.17) is 9.47 Å². The van der Waals surface area contributed by atoms with Gasteiger partial charge in [-0.05, 0) is 42.0 Å². The van der Waals surface area contributed by atoms with Crippen LogP contribution in [0.15, 0.2) is 76.1 Å². The zero-order valence-corrected chi connectivity index (χ0v) is 21.6. The molecule has 0 bridgehead atoms. The largest absolute Gasteiger partial charge is 0.495 e. The molecular weight excluding hydrogens is 536 g/mol. The van der Waals surface area contributed by atoms with Crippen molar-refractivity contribution in [2.24, 2.45) is 0 Å². The van der Waals surface area contributed by atoms with Gasteiger partial charge in [-0.1, -0.05) is 53.2 Å². The summed E-state index contributed by atoms with van der Waals surface area (Å²) >= 11 is 3.38. The molecule has 0 heterocycles. The number of nitrogens with one attached hydrogen (secondary N) is 2. The first kappa shape index (κ1) is 26.2. The predicted octanol–water partition coefficient (Wildman–Crippen LogP) is 4.83. The molecule has 0 atom stereocenters. The van der Waals surface area contributed by atoms with Gasteiger partial charge >= 0.3 is 6.03 Å². The van der Waals surface area contributed by atoms with Gasteiger partial charge in [0.05, 0.1) is 30.0 Å². The second-order valence-corrected chi connectivity index (χ2v) is 10.6. The summed E-state index contributed by atoms with van der Waals surface area (Å²) in [6.07, 6.45) is 0. The van der Waals surface area contributed by atoms with E-state index in [1.165, 1.54) is 32.2 Å². The fourth-order valence-electron chi connectivity index (χ4n) is 3.12. The van der Waals surface area contributed by atoms with Crippen LogP contribution in [0.1, 0.15) is 22.8 Å². The molecule has 0 radical (unpaired) electrons. The third kappa shape index (κ3) is 7.30. The van der Waals surface area contributed by atoms with Crippen molar-refractivity contribution in [2.45, 2.75) is 18.4 Å². The van der Waals surface area contributed by atoms with Crippen LogP contribution in [0.2, 0.25) is 0 Å². The lowest BCUT2D eigenvalue weighted by Crippen LogP contribution is -2.33. The van der Waals surface area contributed by atoms with Crippen LogP contribution in [0.3, 0.4) is 0 Å². The van der Waals surface area contributed by atoms with Crippen LogP contribution < -0.4 is 20.1 Å². The average molecular weight is 561 g/mol. The number of amides is 2. The molecule has 0 aliphatic rings. The van der Waals surface area contributed by atoms with E-state index in [0.717, 1.165) is 5.56 Å². The Morgan fingerprint density at radius 3 is 2.43 bits per heavy atom. The Bertz CT molecular complexity index is 1310. The first-order chi connectivity index (χ1) is 16.7. The quantitative estimate of drug-likeness (QED) is 0.343. The molecule has 184 valence electrons. The highest BCUT2D eigenvalue weighted by atomic mass is 79.9. The van der Waals surface area contributed by atoms with Gasteiger partial charge in [-0.15, -0.1) is 0 Å². The molecule has 0 fully saturated rings. The summed E-state index contributed by atoms with van der Waals surface area (Å²) in [5, 5.41) is 5.03. The molecule has 0 aliphatic carbocycles. The number of ether oxygens (including phenoxy) is 2. The number of carbonyl (C=O) groups excluding carboxylic acids is 2. The highest BCUT2D eigenvalue weighted by molar-refractivity contribution is 9.10. The smallest absolute Gasteiger partial charge is 0.319 e. The Balaban J connectivity index is 1.64. The number of carbonyl (C=O) groups is 2. The summed E-state index contributed by atoms with van der Waals surface area (Å²) in [6.45, 7) is 1.60. The zero-order chi connectivity index (χ0) is 25.4. The van der Waals surface area contributed by atoms with Crippen molar-refractivity contribution < 1.29 is 27.5 Å². The number of anilines is 1. The lowest BCUT2D eigenvalue weighted by Gasteiger charge is -2.13. The van der Waals surface area contributed by atoms with E-state index in [-0.39, 0.29) is 34.4 Å². The number of ketones is 1. The van der Waals surface area contributed by atoms with Gasteiger partial charge in [-0.2, -0.15) is 0 Å². The number of rotatable bonds is 10. The minimum Gasteiger partial charge on any atom is -0.495 e. The third-order valence-electron chi connectivity index (χ3n) is 5.01. The van der Waals surface area contributed by atoms with E-state index >= 15 is 0 Å². The summed E-state index contributed by atoms with van der Waals surface area (Å²) in [5.74, 6) is 0.382. The Morgan fingerprint density at radius 1 is 1.00 bits per heavy atom. The standard InChI is InChI=1S/C25H25BrN2O6S/c1-3-35(31,32)21-9-10-24(33-2)22(14-21)28-25(30)27-15-23(29)18-11-19(26)13-20(12-18)34-16-17-7-5-4-6-8-17/h4-14H,3,15-16H2,1-2H3,(H2,27,28,30). The monoisotopic (exact) mass is 560 g/mol. The van der Waals surface area contributed by atoms with Gasteiger partial charge in [0, 0.05) is 10.0 Å². The molecule has 0 saturated heterocycles. The Hall–Kier alpha value is -3.37. The summed E-state index contributed by atoms with van der Waals surface area (Å²) in [6, 6.07) is 18.1. The van der Waals surface area contributed by atoms with Crippen molar-refractivity contribution in [1.82, 2.24) is 5.32 Å². The zero-order valence-electron chi connectivity index (χ0n) is 19.2. The normalized spacial score (nSPS) is 10.9. The van der Waals surface area contributed by atoms with Crippen LogP contribution in [0.25, 0.3) is 0 Å². The van der Waals surface area contributed by atoms with E-state index < -0.39 is 15.9 Å². The van der Waals surface area contributed by atoms with Crippen molar-refractivity contribution >= 4 is 43.3 Å². The maximum absolute atomic E-state index is 12.7. The fraction of sp³-hybridized carbons (Fsp3) is 0.200. The Labute approximate surface area is 212 Å². The Kier molecular flexibility index (Phi) is 8.89. The first-order valence-corrected chi connectivity index (χ1v) is 13.1. The molecule has 0 spiro atoms. The Morgan fingerprint density at radius 2 is 1.74 bits per heavy atom. The van der Waals surface area contributed by atoms with Gasteiger partial charge < -0.3 is 20.1 Å². The van der Waals surface area contributed by atoms with E-state index in [1.54, 1.807) is 18.2 Å². The number of hydrogen-bond acceptors (Lipinski definition) is 6. The van der Waals surface area contributed by atoms with Crippen LogP contribution in [-0.2, 0) is 16.4 Å². The predicted molar refractivity (Wildman–Crippen MR) is 137 cm³/mol. The molecule has 2 amide bonds. The van der Waals surface area contributed by atoms with Crippen molar-refractivity contribution in [2.75, 3.05) is 24.7 Å². The third-order valence-corrected chi connectivity index (χ3v) is 7.20. The molecule has 0 unspecified atom stereocenters. The molecule has 3 rings (SSSR count). The van der Waals surface area contributed by atoms with Crippen LogP contribution >= 0.6 is 15.9 Å². The van der Waals surface area contributed by atoms with E-state index in [1.807, 2.05) is 30.3 Å². The molecule has 0 aromatic heterocycles. The second-order valence-electron chi connectivity index (χ2n) is 7.45. The van der Waals surface area contributed by atoms with Gasteiger partial charge in [-0.3, -0.25) is 4.79 Å². The summed E-state index contributed by atoms with van der Waals surface area (Å²) in [5.41, 5.74) is 1.52. The molecule has 0 saturated carbocycles. The lowest BCUT2D eigenvalue weighted by atomic mass is 10.1. The number of urea groups is 1. The highest BCUT2D eigenvalue weighted by Gasteiger charge is 2.17. The van der Waals surface area contributed by atoms with Gasteiger partial charge in [-0.25, -0.2) is 13.2 Å². The number of hydrogen-bond donors (Lipinski definition) is 2. The van der Waals surface area contributed by atoms with E-state index in [0.29, 0.717) is 22.4 Å². The number of benzene rings is 3. The molecule has 3 aromatic carbocycles. The van der Waals surface area contributed by atoms with Gasteiger partial charge in [0.2, 0.25) is 0 Å². The number of halogens is 1. The summed E-state index contributed by atoms with van der Waals surface area (Å²) < 4.78 is 36.0. The van der Waals surface area contributed by atoms with Gasteiger partial charge in [0.1, 0.15) is 18.1 Å². The number of sulfone groups is 1. The number of methoxy groups -OCH3 is 1. The first-order valence-electron chi connectivity index (χ1n) is 10.7. The van der Waals surface area contributed by atoms with Crippen molar-refractivity contribution in [1.29, 1.82) is 0 Å².